The monoisotopic (exact) mass is 270 g/mol. The van der Waals surface area contributed by atoms with Crippen LogP contribution < -0.4 is 5.32 Å². The Labute approximate surface area is 111 Å². The van der Waals surface area contributed by atoms with Crippen LogP contribution in [0.25, 0.3) is 0 Å². The molecule has 0 saturated heterocycles. The van der Waals surface area contributed by atoms with Gasteiger partial charge < -0.3 is 10.4 Å². The number of rotatable bonds is 5. The Kier molecular flexibility index (Phi) is 5.48. The van der Waals surface area contributed by atoms with Crippen molar-refractivity contribution in [1.82, 2.24) is 5.32 Å². The number of hydrogen-bond donors (Lipinski definition) is 2. The molecule has 0 aliphatic heterocycles. The molecule has 0 radical (unpaired) electrons. The number of aliphatic carboxylic acids is 1. The van der Waals surface area contributed by atoms with E-state index in [0.29, 0.717) is 12.8 Å². The van der Waals surface area contributed by atoms with Gasteiger partial charge in [-0.2, -0.15) is 5.26 Å². The van der Waals surface area contributed by atoms with E-state index in [1.807, 2.05) is 6.07 Å². The minimum atomic E-state index is -0.867. The first-order chi connectivity index (χ1) is 8.50. The standard InChI is InChI=1S/C12H18N2O3S/c1-12(11(16)17)5-3-2-4-9(12)14-10(15)8-18-7-6-13/h9H,2-5,7-8H2,1H3,(H,14,15)(H,16,17). The van der Waals surface area contributed by atoms with Crippen LogP contribution in [0.5, 0.6) is 0 Å². The Morgan fingerprint density at radius 3 is 2.89 bits per heavy atom. The molecule has 0 heterocycles. The lowest BCUT2D eigenvalue weighted by Crippen LogP contribution is -2.52. The summed E-state index contributed by atoms with van der Waals surface area (Å²) in [5.74, 6) is -0.555. The molecule has 1 saturated carbocycles. The molecule has 2 N–H and O–H groups in total. The molecular formula is C12H18N2O3S. The number of carboxylic acids is 1. The predicted molar refractivity (Wildman–Crippen MR) is 69.1 cm³/mol. The van der Waals surface area contributed by atoms with Gasteiger partial charge in [-0.05, 0) is 19.8 Å². The van der Waals surface area contributed by atoms with E-state index in [9.17, 15) is 14.7 Å². The van der Waals surface area contributed by atoms with E-state index in [-0.39, 0.29) is 23.5 Å². The van der Waals surface area contributed by atoms with Gasteiger partial charge in [0.15, 0.2) is 0 Å². The van der Waals surface area contributed by atoms with Crippen LogP contribution in [0, 0.1) is 16.7 Å². The molecule has 5 nitrogen and oxygen atoms in total. The van der Waals surface area contributed by atoms with Gasteiger partial charge in [0, 0.05) is 6.04 Å². The van der Waals surface area contributed by atoms with Crippen molar-refractivity contribution in [2.75, 3.05) is 11.5 Å². The number of hydrogen-bond acceptors (Lipinski definition) is 4. The highest BCUT2D eigenvalue weighted by atomic mass is 32.2. The number of carboxylic acid groups (broad SMARTS) is 1. The zero-order chi connectivity index (χ0) is 13.6. The van der Waals surface area contributed by atoms with Gasteiger partial charge in [0.1, 0.15) is 0 Å². The summed E-state index contributed by atoms with van der Waals surface area (Å²) < 4.78 is 0. The second kappa shape index (κ2) is 6.64. The molecule has 0 bridgehead atoms. The Morgan fingerprint density at radius 2 is 2.28 bits per heavy atom. The molecule has 0 aromatic rings. The fourth-order valence-corrected chi connectivity index (χ4v) is 2.71. The highest BCUT2D eigenvalue weighted by Gasteiger charge is 2.43. The van der Waals surface area contributed by atoms with Crippen LogP contribution in [0.1, 0.15) is 32.6 Å². The molecule has 1 amide bonds. The molecule has 0 spiro atoms. The quantitative estimate of drug-likeness (QED) is 0.737. The van der Waals surface area contributed by atoms with E-state index in [1.54, 1.807) is 6.92 Å². The van der Waals surface area contributed by atoms with Gasteiger partial charge in [-0.1, -0.05) is 12.8 Å². The van der Waals surface area contributed by atoms with E-state index in [2.05, 4.69) is 5.32 Å². The van der Waals surface area contributed by atoms with Crippen molar-refractivity contribution in [1.29, 1.82) is 5.26 Å². The molecule has 1 aliphatic carbocycles. The van der Waals surface area contributed by atoms with E-state index in [4.69, 9.17) is 5.26 Å². The third-order valence-electron chi connectivity index (χ3n) is 3.43. The van der Waals surface area contributed by atoms with Crippen LogP contribution in [0.15, 0.2) is 0 Å². The van der Waals surface area contributed by atoms with Gasteiger partial charge in [0.05, 0.1) is 23.0 Å². The molecule has 0 aromatic carbocycles. The number of carbonyl (C=O) groups is 2. The lowest BCUT2D eigenvalue weighted by molar-refractivity contribution is -0.152. The van der Waals surface area contributed by atoms with Crippen LogP contribution in [-0.4, -0.2) is 34.5 Å². The lowest BCUT2D eigenvalue weighted by Gasteiger charge is -2.38. The van der Waals surface area contributed by atoms with Gasteiger partial charge >= 0.3 is 5.97 Å². The van der Waals surface area contributed by atoms with Crippen molar-refractivity contribution in [3.63, 3.8) is 0 Å². The maximum Gasteiger partial charge on any atom is 0.311 e. The van der Waals surface area contributed by atoms with Gasteiger partial charge in [0.25, 0.3) is 0 Å². The summed E-state index contributed by atoms with van der Waals surface area (Å²) in [4.78, 5) is 23.0. The molecule has 6 heteroatoms. The Balaban J connectivity index is 2.55. The van der Waals surface area contributed by atoms with Crippen LogP contribution in [0.3, 0.4) is 0 Å². The number of amides is 1. The van der Waals surface area contributed by atoms with Gasteiger partial charge in [-0.15, -0.1) is 11.8 Å². The van der Waals surface area contributed by atoms with Crippen molar-refractivity contribution in [3.05, 3.63) is 0 Å². The van der Waals surface area contributed by atoms with E-state index >= 15 is 0 Å². The summed E-state index contributed by atoms with van der Waals surface area (Å²) in [7, 11) is 0. The molecule has 1 aliphatic rings. The van der Waals surface area contributed by atoms with Gasteiger partial charge in [-0.25, -0.2) is 0 Å². The molecule has 100 valence electrons. The van der Waals surface area contributed by atoms with Crippen molar-refractivity contribution in [3.8, 4) is 6.07 Å². The molecule has 0 aromatic heterocycles. The molecular weight excluding hydrogens is 252 g/mol. The Bertz CT molecular complexity index is 367. The number of nitrogens with one attached hydrogen (secondary N) is 1. The smallest absolute Gasteiger partial charge is 0.311 e. The highest BCUT2D eigenvalue weighted by Crippen LogP contribution is 2.36. The van der Waals surface area contributed by atoms with Crippen LogP contribution >= 0.6 is 11.8 Å². The number of nitriles is 1. The summed E-state index contributed by atoms with van der Waals surface area (Å²) in [6, 6.07) is 1.64. The minimum absolute atomic E-state index is 0.186. The number of nitrogens with zero attached hydrogens (tertiary/aromatic N) is 1. The zero-order valence-electron chi connectivity index (χ0n) is 10.4. The first-order valence-electron chi connectivity index (χ1n) is 5.98. The van der Waals surface area contributed by atoms with Crippen molar-refractivity contribution in [2.24, 2.45) is 5.41 Å². The Morgan fingerprint density at radius 1 is 1.56 bits per heavy atom. The van der Waals surface area contributed by atoms with Crippen molar-refractivity contribution < 1.29 is 14.7 Å². The topological polar surface area (TPSA) is 90.2 Å². The van der Waals surface area contributed by atoms with Crippen molar-refractivity contribution >= 4 is 23.6 Å². The summed E-state index contributed by atoms with van der Waals surface area (Å²) in [6.07, 6.45) is 3.13. The number of carbonyl (C=O) groups excluding carboxylic acids is 1. The average Bonchev–Trinajstić information content (AvgIpc) is 2.32. The Hall–Kier alpha value is -1.22. The normalized spacial score (nSPS) is 27.2. The van der Waals surface area contributed by atoms with Gasteiger partial charge in [-0.3, -0.25) is 9.59 Å². The van der Waals surface area contributed by atoms with Crippen LogP contribution in [0.2, 0.25) is 0 Å². The number of thioether (sulfide) groups is 1. The maximum absolute atomic E-state index is 11.7. The zero-order valence-corrected chi connectivity index (χ0v) is 11.3. The third kappa shape index (κ3) is 3.64. The third-order valence-corrected chi connectivity index (χ3v) is 4.23. The lowest BCUT2D eigenvalue weighted by atomic mass is 9.71. The first kappa shape index (κ1) is 14.8. The van der Waals surface area contributed by atoms with E-state index in [0.717, 1.165) is 12.8 Å². The van der Waals surface area contributed by atoms with Crippen LogP contribution in [0.4, 0.5) is 0 Å². The van der Waals surface area contributed by atoms with E-state index in [1.165, 1.54) is 11.8 Å². The van der Waals surface area contributed by atoms with E-state index < -0.39 is 11.4 Å². The first-order valence-corrected chi connectivity index (χ1v) is 7.13. The molecule has 2 unspecified atom stereocenters. The summed E-state index contributed by atoms with van der Waals surface area (Å²) in [5.41, 5.74) is -0.867. The largest absolute Gasteiger partial charge is 0.481 e. The summed E-state index contributed by atoms with van der Waals surface area (Å²) in [5, 5.41) is 20.5. The van der Waals surface area contributed by atoms with Gasteiger partial charge in [0.2, 0.25) is 5.91 Å². The second-order valence-corrected chi connectivity index (χ2v) is 5.73. The average molecular weight is 270 g/mol. The summed E-state index contributed by atoms with van der Waals surface area (Å²) >= 11 is 1.24. The summed E-state index contributed by atoms with van der Waals surface area (Å²) in [6.45, 7) is 1.70. The van der Waals surface area contributed by atoms with Crippen molar-refractivity contribution in [2.45, 2.75) is 38.6 Å². The maximum atomic E-state index is 11.7. The molecule has 1 rings (SSSR count). The predicted octanol–water partition coefficient (Wildman–Crippen LogP) is 1.39. The SMILES string of the molecule is CC1(C(=O)O)CCCCC1NC(=O)CSCC#N. The fourth-order valence-electron chi connectivity index (χ4n) is 2.25. The fraction of sp³-hybridized carbons (Fsp3) is 0.750. The second-order valence-electron chi connectivity index (χ2n) is 4.74. The molecule has 18 heavy (non-hydrogen) atoms. The molecule has 1 fully saturated rings. The highest BCUT2D eigenvalue weighted by molar-refractivity contribution is 8.00. The minimum Gasteiger partial charge on any atom is -0.481 e. The molecule has 2 atom stereocenters. The van der Waals surface area contributed by atoms with Crippen LogP contribution in [-0.2, 0) is 9.59 Å².